The van der Waals surface area contributed by atoms with Crippen LogP contribution in [0.25, 0.3) is 0 Å². The van der Waals surface area contributed by atoms with Crippen LogP contribution in [0, 0.1) is 11.8 Å². The minimum absolute atomic E-state index is 0.295. The van der Waals surface area contributed by atoms with Gasteiger partial charge in [0.1, 0.15) is 11.8 Å². The van der Waals surface area contributed by atoms with E-state index < -0.39 is 6.10 Å². The average molecular weight is 260 g/mol. The van der Waals surface area contributed by atoms with Gasteiger partial charge in [0.2, 0.25) is 0 Å². The smallest absolute Gasteiger partial charge is 0.154 e. The molecule has 2 rings (SSSR count). The van der Waals surface area contributed by atoms with E-state index in [2.05, 4.69) is 33.2 Å². The molecule has 1 aromatic heterocycles. The van der Waals surface area contributed by atoms with Gasteiger partial charge in [-0.3, -0.25) is 0 Å². The van der Waals surface area contributed by atoms with E-state index >= 15 is 0 Å². The van der Waals surface area contributed by atoms with Gasteiger partial charge in [-0.2, -0.15) is 0 Å². The summed E-state index contributed by atoms with van der Waals surface area (Å²) < 4.78 is 2.29. The lowest BCUT2D eigenvalue weighted by atomic mass is 9.97. The Bertz CT molecular complexity index is 315. The molecule has 1 N–H and O–H groups in total. The number of aryl methyl sites for hydroxylation is 1. The van der Waals surface area contributed by atoms with Crippen LogP contribution < -0.4 is 0 Å². The summed E-state index contributed by atoms with van der Waals surface area (Å²) in [6.45, 7) is 2.09. The highest BCUT2D eigenvalue weighted by Crippen LogP contribution is 2.43. The van der Waals surface area contributed by atoms with Gasteiger partial charge in [0.25, 0.3) is 0 Å². The summed E-state index contributed by atoms with van der Waals surface area (Å²) in [6.07, 6.45) is 2.01. The fourth-order valence-electron chi connectivity index (χ4n) is 1.78. The van der Waals surface area contributed by atoms with Crippen LogP contribution in [0.4, 0.5) is 0 Å². The molecule has 5 heteroatoms. The van der Waals surface area contributed by atoms with Crippen molar-refractivity contribution in [3.8, 4) is 0 Å². The zero-order valence-electron chi connectivity index (χ0n) is 8.31. The first-order valence-corrected chi connectivity index (χ1v) is 5.63. The van der Waals surface area contributed by atoms with E-state index in [-0.39, 0.29) is 0 Å². The highest BCUT2D eigenvalue weighted by atomic mass is 79.9. The number of rotatable bonds is 3. The predicted molar refractivity (Wildman–Crippen MR) is 55.6 cm³/mol. The second kappa shape index (κ2) is 3.62. The van der Waals surface area contributed by atoms with E-state index in [1.807, 2.05) is 0 Å². The molecule has 1 aliphatic rings. The van der Waals surface area contributed by atoms with Gasteiger partial charge in [-0.15, -0.1) is 5.10 Å². The second-order valence-electron chi connectivity index (χ2n) is 4.03. The summed E-state index contributed by atoms with van der Waals surface area (Å²) in [5.74, 6) is 0.968. The zero-order chi connectivity index (χ0) is 10.3. The molecule has 1 heterocycles. The quantitative estimate of drug-likeness (QED) is 0.899. The van der Waals surface area contributed by atoms with E-state index in [0.29, 0.717) is 16.4 Å². The molecule has 1 aliphatic carbocycles. The summed E-state index contributed by atoms with van der Waals surface area (Å²) in [5, 5.41) is 17.8. The van der Waals surface area contributed by atoms with Gasteiger partial charge in [0, 0.05) is 7.05 Å². The summed E-state index contributed by atoms with van der Waals surface area (Å²) in [7, 11) is 1.80. The van der Waals surface area contributed by atoms with E-state index in [0.717, 1.165) is 5.69 Å². The molecular weight excluding hydrogens is 246 g/mol. The molecule has 0 radical (unpaired) electrons. The number of aliphatic hydroxyl groups excluding tert-OH is 1. The maximum absolute atomic E-state index is 10.1. The number of aromatic nitrogens is 3. The first-order valence-electron chi connectivity index (χ1n) is 4.84. The van der Waals surface area contributed by atoms with Crippen LogP contribution in [0.2, 0.25) is 0 Å². The minimum Gasteiger partial charge on any atom is -0.386 e. The molecule has 1 saturated carbocycles. The molecule has 78 valence electrons. The fourth-order valence-corrected chi connectivity index (χ4v) is 2.34. The number of hydrogen-bond acceptors (Lipinski definition) is 3. The van der Waals surface area contributed by atoms with E-state index in [1.54, 1.807) is 11.7 Å². The van der Waals surface area contributed by atoms with Crippen LogP contribution in [-0.4, -0.2) is 20.1 Å². The number of nitrogens with zero attached hydrogens (tertiary/aromatic N) is 3. The molecule has 1 fully saturated rings. The minimum atomic E-state index is -0.461. The molecule has 0 aromatic carbocycles. The van der Waals surface area contributed by atoms with Crippen LogP contribution in [0.3, 0.4) is 0 Å². The highest BCUT2D eigenvalue weighted by Gasteiger charge is 2.35. The van der Waals surface area contributed by atoms with E-state index in [4.69, 9.17) is 0 Å². The molecule has 14 heavy (non-hydrogen) atoms. The van der Waals surface area contributed by atoms with Crippen LogP contribution in [-0.2, 0) is 7.05 Å². The zero-order valence-corrected chi connectivity index (χ0v) is 9.90. The second-order valence-corrected chi connectivity index (χ2v) is 4.78. The monoisotopic (exact) mass is 259 g/mol. The van der Waals surface area contributed by atoms with Crippen molar-refractivity contribution in [2.45, 2.75) is 25.9 Å². The molecule has 0 bridgehead atoms. The molecule has 0 saturated heterocycles. The van der Waals surface area contributed by atoms with Crippen molar-refractivity contribution in [3.05, 3.63) is 10.3 Å². The SMILES string of the molecule is CC(C1CC1)C(O)c1c(Br)nnn1C. The third kappa shape index (κ3) is 1.70. The summed E-state index contributed by atoms with van der Waals surface area (Å²) >= 11 is 3.30. The topological polar surface area (TPSA) is 50.9 Å². The molecule has 2 unspecified atom stereocenters. The largest absolute Gasteiger partial charge is 0.386 e. The predicted octanol–water partition coefficient (Wildman–Crippen LogP) is 1.66. The van der Waals surface area contributed by atoms with Gasteiger partial charge in [-0.25, -0.2) is 4.68 Å². The molecule has 4 nitrogen and oxygen atoms in total. The lowest BCUT2D eigenvalue weighted by Crippen LogP contribution is -2.15. The molecule has 2 atom stereocenters. The van der Waals surface area contributed by atoms with Gasteiger partial charge in [-0.1, -0.05) is 12.1 Å². The highest BCUT2D eigenvalue weighted by molar-refractivity contribution is 9.10. The molecule has 1 aromatic rings. The summed E-state index contributed by atoms with van der Waals surface area (Å²) in [6, 6.07) is 0. The third-order valence-electron chi connectivity index (χ3n) is 2.97. The third-order valence-corrected chi connectivity index (χ3v) is 3.54. The van der Waals surface area contributed by atoms with Crippen molar-refractivity contribution < 1.29 is 5.11 Å². The summed E-state index contributed by atoms with van der Waals surface area (Å²) in [4.78, 5) is 0. The van der Waals surface area contributed by atoms with Crippen molar-refractivity contribution in [1.29, 1.82) is 0 Å². The Labute approximate surface area is 91.4 Å². The van der Waals surface area contributed by atoms with Crippen molar-refractivity contribution in [2.24, 2.45) is 18.9 Å². The Kier molecular flexibility index (Phi) is 2.62. The fraction of sp³-hybridized carbons (Fsp3) is 0.778. The average Bonchev–Trinajstić information content (AvgIpc) is 2.92. The first kappa shape index (κ1) is 10.1. The van der Waals surface area contributed by atoms with Crippen molar-refractivity contribution in [3.63, 3.8) is 0 Å². The van der Waals surface area contributed by atoms with Gasteiger partial charge in [0.05, 0.1) is 0 Å². The first-order chi connectivity index (χ1) is 6.61. The lowest BCUT2D eigenvalue weighted by molar-refractivity contribution is 0.0970. The van der Waals surface area contributed by atoms with E-state index in [1.165, 1.54) is 12.8 Å². The Morgan fingerprint density at radius 1 is 1.57 bits per heavy atom. The van der Waals surface area contributed by atoms with E-state index in [9.17, 15) is 5.11 Å². The normalized spacial score (nSPS) is 20.9. The van der Waals surface area contributed by atoms with Crippen LogP contribution in [0.5, 0.6) is 0 Å². The number of aliphatic hydroxyl groups is 1. The Balaban J connectivity index is 2.20. The van der Waals surface area contributed by atoms with Crippen molar-refractivity contribution in [2.75, 3.05) is 0 Å². The van der Waals surface area contributed by atoms with Gasteiger partial charge < -0.3 is 5.11 Å². The van der Waals surface area contributed by atoms with Crippen molar-refractivity contribution in [1.82, 2.24) is 15.0 Å². The lowest BCUT2D eigenvalue weighted by Gasteiger charge is -2.18. The van der Waals surface area contributed by atoms with Crippen molar-refractivity contribution >= 4 is 15.9 Å². The molecule has 0 aliphatic heterocycles. The van der Waals surface area contributed by atoms with Crippen LogP contribution >= 0.6 is 15.9 Å². The number of halogens is 1. The molecule has 0 spiro atoms. The molecule has 0 amide bonds. The van der Waals surface area contributed by atoms with Gasteiger partial charge >= 0.3 is 0 Å². The summed E-state index contributed by atoms with van der Waals surface area (Å²) in [5.41, 5.74) is 0.782. The maximum Gasteiger partial charge on any atom is 0.154 e. The Hall–Kier alpha value is -0.420. The Morgan fingerprint density at radius 2 is 2.21 bits per heavy atom. The molecular formula is C9H14BrN3O. The Morgan fingerprint density at radius 3 is 2.64 bits per heavy atom. The van der Waals surface area contributed by atoms with Gasteiger partial charge in [-0.05, 0) is 40.6 Å². The van der Waals surface area contributed by atoms with Gasteiger partial charge in [0.15, 0.2) is 4.60 Å². The van der Waals surface area contributed by atoms with Crippen LogP contribution in [0.15, 0.2) is 4.60 Å². The maximum atomic E-state index is 10.1. The standard InChI is InChI=1S/C9H14BrN3O/c1-5(6-3-4-6)8(14)7-9(10)11-12-13(7)2/h5-6,8,14H,3-4H2,1-2H3. The number of hydrogen-bond donors (Lipinski definition) is 1. The van der Waals surface area contributed by atoms with Crippen LogP contribution in [0.1, 0.15) is 31.6 Å².